The molecule has 0 bridgehead atoms. The van der Waals surface area contributed by atoms with E-state index in [1.165, 1.54) is 6.92 Å². The fourth-order valence-electron chi connectivity index (χ4n) is 4.22. The van der Waals surface area contributed by atoms with Gasteiger partial charge in [0, 0.05) is 19.2 Å². The Hall–Kier alpha value is -1.89. The maximum Gasteiger partial charge on any atom is 0.331 e. The van der Waals surface area contributed by atoms with Crippen molar-refractivity contribution in [3.63, 3.8) is 0 Å². The van der Waals surface area contributed by atoms with Gasteiger partial charge in [-0.1, -0.05) is 54.0 Å². The minimum atomic E-state index is -1.00. The maximum atomic E-state index is 13.5. The Balaban J connectivity index is 3.08. The number of carbonyl (C=O) groups is 3. The lowest BCUT2D eigenvalue weighted by molar-refractivity contribution is -0.141. The molecule has 0 aromatic carbocycles. The molecule has 0 radical (unpaired) electrons. The van der Waals surface area contributed by atoms with Crippen molar-refractivity contribution >= 4 is 17.8 Å². The smallest absolute Gasteiger partial charge is 0.331 e. The van der Waals surface area contributed by atoms with Crippen LogP contribution in [0, 0.1) is 17.3 Å². The van der Waals surface area contributed by atoms with Crippen molar-refractivity contribution in [1.82, 2.24) is 15.1 Å². The molecule has 1 heterocycles. The third kappa shape index (κ3) is 7.34. The van der Waals surface area contributed by atoms with Gasteiger partial charge >= 0.3 is 5.97 Å². The van der Waals surface area contributed by atoms with Crippen molar-refractivity contribution in [2.24, 2.45) is 17.3 Å². The number of hydrogen-bond acceptors (Lipinski definition) is 4. The van der Waals surface area contributed by atoms with Crippen LogP contribution in [0.3, 0.4) is 0 Å². The highest BCUT2D eigenvalue weighted by atomic mass is 16.4. The molecular weight excluding hydrogens is 394 g/mol. The number of carbonyl (C=O) groups excluding carboxylic acids is 2. The molecule has 1 unspecified atom stereocenters. The second-order valence-electron chi connectivity index (χ2n) is 10.5. The van der Waals surface area contributed by atoms with E-state index in [1.54, 1.807) is 18.0 Å². The first-order valence-corrected chi connectivity index (χ1v) is 11.4. The lowest BCUT2D eigenvalue weighted by atomic mass is 9.84. The lowest BCUT2D eigenvalue weighted by Gasteiger charge is -2.40. The molecule has 7 heteroatoms. The fourth-order valence-corrected chi connectivity index (χ4v) is 4.22. The summed E-state index contributed by atoms with van der Waals surface area (Å²) in [5.41, 5.74) is -0.295. The van der Waals surface area contributed by atoms with E-state index in [2.05, 4.69) is 17.1 Å². The van der Waals surface area contributed by atoms with E-state index in [-0.39, 0.29) is 35.4 Å². The Bertz CT molecular complexity index is 681. The zero-order valence-corrected chi connectivity index (χ0v) is 20.9. The molecule has 0 spiro atoms. The first-order valence-electron chi connectivity index (χ1n) is 11.4. The van der Waals surface area contributed by atoms with Gasteiger partial charge in [-0.25, -0.2) is 4.79 Å². The van der Waals surface area contributed by atoms with E-state index in [4.69, 9.17) is 0 Å². The van der Waals surface area contributed by atoms with Gasteiger partial charge in [0.1, 0.15) is 6.04 Å². The van der Waals surface area contributed by atoms with E-state index < -0.39 is 17.4 Å². The number of hydrogen-bond donors (Lipinski definition) is 2. The molecule has 2 N–H and O–H groups in total. The lowest BCUT2D eigenvalue weighted by Crippen LogP contribution is -2.60. The van der Waals surface area contributed by atoms with Crippen molar-refractivity contribution in [2.45, 2.75) is 85.9 Å². The van der Waals surface area contributed by atoms with Gasteiger partial charge in [0.15, 0.2) is 0 Å². The van der Waals surface area contributed by atoms with Gasteiger partial charge < -0.3 is 15.3 Å². The highest BCUT2D eigenvalue weighted by Gasteiger charge is 2.39. The molecule has 4 atom stereocenters. The Morgan fingerprint density at radius 2 is 1.81 bits per heavy atom. The van der Waals surface area contributed by atoms with Crippen LogP contribution in [0.15, 0.2) is 11.6 Å². The largest absolute Gasteiger partial charge is 0.478 e. The second kappa shape index (κ2) is 11.1. The minimum absolute atomic E-state index is 0.0232. The van der Waals surface area contributed by atoms with Crippen LogP contribution in [0.4, 0.5) is 0 Å². The SMILES string of the molecule is CC[C@H]1CCC(C(=O)N[C@H](C(=O)N(C)[C@H](/C=C(\C)C(=O)O)C(C)C)C(C)(C)C)N(C)C1. The van der Waals surface area contributed by atoms with E-state index in [9.17, 15) is 19.5 Å². The summed E-state index contributed by atoms with van der Waals surface area (Å²) in [6.45, 7) is 14.3. The van der Waals surface area contributed by atoms with Crippen LogP contribution in [0.1, 0.15) is 67.7 Å². The predicted octanol–water partition coefficient (Wildman–Crippen LogP) is 3.15. The summed E-state index contributed by atoms with van der Waals surface area (Å²) in [6.07, 6.45) is 4.53. The Labute approximate surface area is 188 Å². The van der Waals surface area contributed by atoms with Gasteiger partial charge in [-0.2, -0.15) is 0 Å². The molecule has 1 aliphatic rings. The van der Waals surface area contributed by atoms with Crippen LogP contribution in [-0.2, 0) is 14.4 Å². The number of likely N-dealkylation sites (tertiary alicyclic amines) is 1. The molecule has 0 aromatic heterocycles. The van der Waals surface area contributed by atoms with Crippen molar-refractivity contribution in [3.05, 3.63) is 11.6 Å². The summed E-state index contributed by atoms with van der Waals surface area (Å²) in [5, 5.41) is 12.3. The van der Waals surface area contributed by atoms with Gasteiger partial charge in [-0.15, -0.1) is 0 Å². The molecule has 0 aromatic rings. The molecule has 1 saturated heterocycles. The number of rotatable bonds is 8. The summed E-state index contributed by atoms with van der Waals surface area (Å²) in [6, 6.07) is -1.32. The summed E-state index contributed by atoms with van der Waals surface area (Å²) >= 11 is 0. The Morgan fingerprint density at radius 3 is 2.23 bits per heavy atom. The molecule has 0 aliphatic carbocycles. The molecule has 31 heavy (non-hydrogen) atoms. The monoisotopic (exact) mass is 437 g/mol. The number of aliphatic carboxylic acids is 1. The van der Waals surface area contributed by atoms with Crippen LogP contribution >= 0.6 is 0 Å². The van der Waals surface area contributed by atoms with Gasteiger partial charge in [0.25, 0.3) is 0 Å². The highest BCUT2D eigenvalue weighted by molar-refractivity contribution is 5.91. The van der Waals surface area contributed by atoms with Crippen LogP contribution in [0.2, 0.25) is 0 Å². The topological polar surface area (TPSA) is 90.0 Å². The zero-order chi connectivity index (χ0) is 24.1. The zero-order valence-electron chi connectivity index (χ0n) is 20.9. The first-order chi connectivity index (χ1) is 14.2. The maximum absolute atomic E-state index is 13.5. The summed E-state index contributed by atoms with van der Waals surface area (Å²) in [7, 11) is 3.66. The number of carboxylic acids is 1. The third-order valence-electron chi connectivity index (χ3n) is 6.44. The van der Waals surface area contributed by atoms with Gasteiger partial charge in [-0.05, 0) is 44.1 Å². The van der Waals surface area contributed by atoms with Crippen molar-refractivity contribution in [1.29, 1.82) is 0 Å². The third-order valence-corrected chi connectivity index (χ3v) is 6.44. The fraction of sp³-hybridized carbons (Fsp3) is 0.792. The summed E-state index contributed by atoms with van der Waals surface area (Å²) < 4.78 is 0. The number of piperidine rings is 1. The van der Waals surface area contributed by atoms with Crippen molar-refractivity contribution in [2.75, 3.05) is 20.6 Å². The molecule has 1 fully saturated rings. The van der Waals surface area contributed by atoms with Crippen molar-refractivity contribution in [3.8, 4) is 0 Å². The summed E-state index contributed by atoms with van der Waals surface area (Å²) in [5.74, 6) is -0.694. The average molecular weight is 438 g/mol. The van der Waals surface area contributed by atoms with Crippen LogP contribution in [0.5, 0.6) is 0 Å². The van der Waals surface area contributed by atoms with E-state index in [1.807, 2.05) is 41.7 Å². The van der Waals surface area contributed by atoms with Crippen LogP contribution in [-0.4, -0.2) is 71.5 Å². The molecule has 1 aliphatic heterocycles. The second-order valence-corrected chi connectivity index (χ2v) is 10.5. The van der Waals surface area contributed by atoms with Gasteiger partial charge in [-0.3, -0.25) is 14.5 Å². The number of nitrogens with zero attached hydrogens (tertiary/aromatic N) is 2. The van der Waals surface area contributed by atoms with Gasteiger partial charge in [0.05, 0.1) is 12.1 Å². The standard InChI is InChI=1S/C24H43N3O4/c1-10-17-11-12-18(26(8)14-17)21(28)25-20(24(5,6)7)22(29)27(9)19(15(2)3)13-16(4)23(30)31/h13,15,17-20H,10-12,14H2,1-9H3,(H,25,28)(H,30,31)/b16-13+/t17-,18?,19+,20+/m0/s1. The number of carboxylic acid groups (broad SMARTS) is 1. The highest BCUT2D eigenvalue weighted by Crippen LogP contribution is 2.26. The van der Waals surface area contributed by atoms with Crippen LogP contribution < -0.4 is 5.32 Å². The average Bonchev–Trinajstić information content (AvgIpc) is 2.67. The molecular formula is C24H43N3O4. The van der Waals surface area contributed by atoms with E-state index in [0.717, 1.165) is 25.8 Å². The van der Waals surface area contributed by atoms with E-state index in [0.29, 0.717) is 5.92 Å². The quantitative estimate of drug-likeness (QED) is 0.570. The Morgan fingerprint density at radius 1 is 1.23 bits per heavy atom. The molecule has 178 valence electrons. The van der Waals surface area contributed by atoms with Crippen LogP contribution in [0.25, 0.3) is 0 Å². The summed E-state index contributed by atoms with van der Waals surface area (Å²) in [4.78, 5) is 41.6. The normalized spacial score (nSPS) is 22.7. The van der Waals surface area contributed by atoms with E-state index >= 15 is 0 Å². The predicted molar refractivity (Wildman–Crippen MR) is 124 cm³/mol. The van der Waals surface area contributed by atoms with Crippen molar-refractivity contribution < 1.29 is 19.5 Å². The number of amides is 2. The molecule has 2 amide bonds. The minimum Gasteiger partial charge on any atom is -0.478 e. The number of likely N-dealkylation sites (N-methyl/N-ethyl adjacent to an activating group) is 2. The molecule has 0 saturated carbocycles. The Kier molecular flexibility index (Phi) is 9.73. The molecule has 1 rings (SSSR count). The first kappa shape index (κ1) is 27.1. The molecule has 7 nitrogen and oxygen atoms in total. The number of nitrogens with one attached hydrogen (secondary N) is 1. The van der Waals surface area contributed by atoms with Gasteiger partial charge in [0.2, 0.25) is 11.8 Å².